The van der Waals surface area contributed by atoms with Gasteiger partial charge in [-0.05, 0) is 117 Å². The number of hydrogen-bond acceptors (Lipinski definition) is 11. The Balaban J connectivity index is 0.747. The minimum Gasteiger partial charge on any atom is -0.372 e. The number of piperidine rings is 1. The van der Waals surface area contributed by atoms with E-state index in [1.807, 2.05) is 30.3 Å². The zero-order valence-corrected chi connectivity index (χ0v) is 37.2. The van der Waals surface area contributed by atoms with Crippen LogP contribution in [0.3, 0.4) is 0 Å². The van der Waals surface area contributed by atoms with E-state index < -0.39 is 17.6 Å². The van der Waals surface area contributed by atoms with Gasteiger partial charge in [0, 0.05) is 130 Å². The number of anilines is 7. The predicted molar refractivity (Wildman–Crippen MR) is 253 cm³/mol. The summed E-state index contributed by atoms with van der Waals surface area (Å²) in [5, 5.41) is 13.4. The molecule has 0 bridgehead atoms. The van der Waals surface area contributed by atoms with Crippen LogP contribution in [-0.4, -0.2) is 109 Å². The Bertz CT molecular complexity index is 2680. The molecular weight excluding hydrogens is 840 g/mol. The van der Waals surface area contributed by atoms with Crippen molar-refractivity contribution < 1.29 is 23.6 Å². The highest BCUT2D eigenvalue weighted by molar-refractivity contribution is 6.07. The van der Waals surface area contributed by atoms with Crippen molar-refractivity contribution in [3.8, 4) is 11.3 Å². The SMILES string of the molecule is Cc1c(C(=O)Nc2cc(N3CCCC3)ccn2)ccc(-c2nn3c(c2C(N)=O)Nc2ccc(N4CCN(CC5CCN(c6ccc(N7CCC(=O)NC7=O)cc6)CC5)CC4)cc2CC3)c1F. The van der Waals surface area contributed by atoms with Crippen molar-refractivity contribution in [2.45, 2.75) is 52.0 Å². The minimum absolute atomic E-state index is 0.0869. The van der Waals surface area contributed by atoms with Gasteiger partial charge in [-0.3, -0.25) is 29.5 Å². The number of piperazine rings is 1. The van der Waals surface area contributed by atoms with Gasteiger partial charge in [-0.2, -0.15) is 5.10 Å². The maximum atomic E-state index is 16.3. The summed E-state index contributed by atoms with van der Waals surface area (Å²) in [6, 6.07) is 20.8. The number of aromatic nitrogens is 3. The van der Waals surface area contributed by atoms with Gasteiger partial charge in [-0.25, -0.2) is 18.9 Å². The Morgan fingerprint density at radius 1 is 0.773 bits per heavy atom. The van der Waals surface area contributed by atoms with Gasteiger partial charge >= 0.3 is 6.03 Å². The molecule has 4 fully saturated rings. The quantitative estimate of drug-likeness (QED) is 0.127. The third-order valence-electron chi connectivity index (χ3n) is 13.9. The van der Waals surface area contributed by atoms with E-state index >= 15 is 4.39 Å². The molecule has 16 nitrogen and oxygen atoms in total. The lowest BCUT2D eigenvalue weighted by molar-refractivity contribution is -0.120. The van der Waals surface area contributed by atoms with Crippen LogP contribution in [0.5, 0.6) is 0 Å². The van der Waals surface area contributed by atoms with E-state index in [4.69, 9.17) is 10.8 Å². The Kier molecular flexibility index (Phi) is 11.8. The van der Waals surface area contributed by atoms with E-state index in [0.29, 0.717) is 43.5 Å². The number of benzene rings is 3. The van der Waals surface area contributed by atoms with E-state index in [-0.39, 0.29) is 39.9 Å². The van der Waals surface area contributed by atoms with Crippen LogP contribution in [-0.2, 0) is 17.8 Å². The average Bonchev–Trinajstić information content (AvgIpc) is 3.96. The zero-order valence-electron chi connectivity index (χ0n) is 37.2. The summed E-state index contributed by atoms with van der Waals surface area (Å²) < 4.78 is 18.0. The van der Waals surface area contributed by atoms with Gasteiger partial charge in [0.25, 0.3) is 11.8 Å². The molecule has 10 rings (SSSR count). The number of urea groups is 1. The van der Waals surface area contributed by atoms with Crippen LogP contribution in [0.25, 0.3) is 11.3 Å². The lowest BCUT2D eigenvalue weighted by Gasteiger charge is -2.40. The fourth-order valence-corrected chi connectivity index (χ4v) is 10.2. The number of pyridine rings is 1. The van der Waals surface area contributed by atoms with E-state index in [1.54, 1.807) is 28.8 Å². The van der Waals surface area contributed by atoms with E-state index in [2.05, 4.69) is 64.8 Å². The first kappa shape index (κ1) is 42.9. The van der Waals surface area contributed by atoms with Gasteiger partial charge in [0.1, 0.15) is 28.7 Å². The van der Waals surface area contributed by atoms with Gasteiger partial charge in [0.2, 0.25) is 5.91 Å². The largest absolute Gasteiger partial charge is 0.372 e. The number of rotatable bonds is 10. The molecule has 5 amide bonds. The van der Waals surface area contributed by atoms with Crippen molar-refractivity contribution in [2.24, 2.45) is 11.7 Å². The number of nitrogens with zero attached hydrogens (tertiary/aromatic N) is 8. The van der Waals surface area contributed by atoms with Gasteiger partial charge in [0.05, 0.1) is 0 Å². The van der Waals surface area contributed by atoms with Crippen LogP contribution in [0.1, 0.15) is 63.9 Å². The molecule has 0 spiro atoms. The van der Waals surface area contributed by atoms with Crippen LogP contribution in [0.4, 0.5) is 49.3 Å². The summed E-state index contributed by atoms with van der Waals surface area (Å²) in [6.07, 6.45) is 7.09. The summed E-state index contributed by atoms with van der Waals surface area (Å²) in [5.41, 5.74) is 12.6. The number of carbonyl (C=O) groups excluding carboxylic acids is 4. The normalized spacial score (nSPS) is 18.1. The summed E-state index contributed by atoms with van der Waals surface area (Å²) >= 11 is 0. The zero-order chi connectivity index (χ0) is 45.5. The second-order valence-electron chi connectivity index (χ2n) is 18.0. The molecule has 0 atom stereocenters. The molecule has 5 aliphatic rings. The summed E-state index contributed by atoms with van der Waals surface area (Å²) in [4.78, 5) is 66.0. The first-order chi connectivity index (χ1) is 32.1. The smallest absolute Gasteiger partial charge is 0.328 e. The molecule has 3 aromatic carbocycles. The molecule has 0 unspecified atom stereocenters. The molecule has 0 radical (unpaired) electrons. The first-order valence-corrected chi connectivity index (χ1v) is 23.1. The Hall–Kier alpha value is -7.01. The molecule has 5 aromatic rings. The molecule has 2 aromatic heterocycles. The summed E-state index contributed by atoms with van der Waals surface area (Å²) in [7, 11) is 0. The third-order valence-corrected chi connectivity index (χ3v) is 13.9. The van der Waals surface area contributed by atoms with Crippen LogP contribution in [0.15, 0.2) is 72.9 Å². The van der Waals surface area contributed by atoms with E-state index in [9.17, 15) is 19.2 Å². The molecule has 17 heteroatoms. The number of primary amides is 1. The number of fused-ring (bicyclic) bond motifs is 2. The lowest BCUT2D eigenvalue weighted by Crippen LogP contribution is -2.49. The summed E-state index contributed by atoms with van der Waals surface area (Å²) in [5.74, 6) is -0.674. The number of imide groups is 1. The molecule has 5 aliphatic heterocycles. The topological polar surface area (TPSA) is 177 Å². The number of nitrogens with one attached hydrogen (secondary N) is 3. The highest BCUT2D eigenvalue weighted by Gasteiger charge is 2.31. The Morgan fingerprint density at radius 2 is 1.47 bits per heavy atom. The van der Waals surface area contributed by atoms with E-state index in [0.717, 1.165) is 119 Å². The Labute approximate surface area is 382 Å². The van der Waals surface area contributed by atoms with Crippen LogP contribution in [0.2, 0.25) is 0 Å². The van der Waals surface area contributed by atoms with Crippen molar-refractivity contribution in [3.63, 3.8) is 0 Å². The van der Waals surface area contributed by atoms with E-state index in [1.165, 1.54) is 6.07 Å². The molecule has 0 saturated carbocycles. The highest BCUT2D eigenvalue weighted by atomic mass is 19.1. The van der Waals surface area contributed by atoms with Gasteiger partial charge in [-0.1, -0.05) is 0 Å². The maximum absolute atomic E-state index is 16.3. The summed E-state index contributed by atoms with van der Waals surface area (Å²) in [6.45, 7) is 11.2. The molecular formula is C49H55FN12O4. The molecule has 4 saturated heterocycles. The van der Waals surface area contributed by atoms with Crippen molar-refractivity contribution in [3.05, 3.63) is 101 Å². The maximum Gasteiger partial charge on any atom is 0.328 e. The third kappa shape index (κ3) is 8.62. The van der Waals surface area contributed by atoms with Gasteiger partial charge < -0.3 is 31.1 Å². The average molecular weight is 895 g/mol. The number of amides is 5. The van der Waals surface area contributed by atoms with Crippen molar-refractivity contribution in [2.75, 3.05) is 95.7 Å². The van der Waals surface area contributed by atoms with Crippen LogP contribution >= 0.6 is 0 Å². The number of halogens is 1. The number of nitrogens with two attached hydrogens (primary N) is 1. The van der Waals surface area contributed by atoms with Crippen LogP contribution in [0, 0.1) is 18.7 Å². The van der Waals surface area contributed by atoms with Crippen molar-refractivity contribution in [1.82, 2.24) is 25.0 Å². The molecule has 66 heavy (non-hydrogen) atoms. The fourth-order valence-electron chi connectivity index (χ4n) is 10.2. The second-order valence-corrected chi connectivity index (χ2v) is 18.0. The molecule has 5 N–H and O–H groups in total. The first-order valence-electron chi connectivity index (χ1n) is 23.1. The molecule has 0 aliphatic carbocycles. The fraction of sp³-hybridized carbons (Fsp3) is 0.388. The number of aryl methyl sites for hydroxylation is 2. The Morgan fingerprint density at radius 3 is 2.21 bits per heavy atom. The van der Waals surface area contributed by atoms with Crippen molar-refractivity contribution >= 4 is 63.8 Å². The molecule has 342 valence electrons. The highest BCUT2D eigenvalue weighted by Crippen LogP contribution is 2.38. The minimum atomic E-state index is -0.734. The lowest BCUT2D eigenvalue weighted by atomic mass is 9.95. The van der Waals surface area contributed by atoms with Gasteiger partial charge in [0.15, 0.2) is 0 Å². The number of carbonyl (C=O) groups is 4. The number of hydrogen-bond donors (Lipinski definition) is 4. The van der Waals surface area contributed by atoms with Gasteiger partial charge in [-0.15, -0.1) is 0 Å². The monoisotopic (exact) mass is 894 g/mol. The second kappa shape index (κ2) is 18.1. The molecule has 7 heterocycles. The standard InChI is InChI=1S/C49H55FN12O4/c1-31-38(48(65)54-41-29-37(12-17-52-41)58-18-2-3-19-58)9-10-39(44(31)50)45-43(46(51)64)47-53-40-11-8-36(28-33(40)15-23-62(47)56-45)60-26-24-57(25-27-60)30-32-13-20-59(21-14-32)34-4-6-35(7-5-34)61-22-16-42(63)55-49(61)66/h4-12,17,28-29,32,53H,2-3,13-16,18-27,30H2,1H3,(H2,51,64)(H,52,54,65)(H,55,63,66). The van der Waals surface area contributed by atoms with Crippen LogP contribution < -0.4 is 41.3 Å². The van der Waals surface area contributed by atoms with Crippen molar-refractivity contribution in [1.29, 1.82) is 0 Å². The predicted octanol–water partition coefficient (Wildman–Crippen LogP) is 6.13.